The van der Waals surface area contributed by atoms with E-state index in [4.69, 9.17) is 4.74 Å². The van der Waals surface area contributed by atoms with Gasteiger partial charge in [0.15, 0.2) is 0 Å². The number of ether oxygens (including phenoxy) is 1. The van der Waals surface area contributed by atoms with Gasteiger partial charge in [-0.3, -0.25) is 13.7 Å². The predicted molar refractivity (Wildman–Crippen MR) is 119 cm³/mol. The first kappa shape index (κ1) is 20.5. The Kier molecular flexibility index (Phi) is 5.59. The minimum atomic E-state index is -2.30. The molecular formula is C21H20N2O5S2. The van der Waals surface area contributed by atoms with Crippen molar-refractivity contribution in [3.05, 3.63) is 57.8 Å². The Morgan fingerprint density at radius 3 is 2.70 bits per heavy atom. The van der Waals surface area contributed by atoms with Crippen molar-refractivity contribution < 1.29 is 23.1 Å². The smallest absolute Gasteiger partial charge is 0.348 e. The molecular weight excluding hydrogens is 424 g/mol. The highest BCUT2D eigenvalue weighted by Gasteiger charge is 2.30. The van der Waals surface area contributed by atoms with Crippen LogP contribution in [-0.4, -0.2) is 33.8 Å². The van der Waals surface area contributed by atoms with Gasteiger partial charge in [-0.1, -0.05) is 12.1 Å². The summed E-state index contributed by atoms with van der Waals surface area (Å²) in [5, 5.41) is 1.52. The van der Waals surface area contributed by atoms with Crippen LogP contribution in [0, 0.1) is 0 Å². The zero-order chi connectivity index (χ0) is 21.4. The second-order valence-corrected chi connectivity index (χ2v) is 8.71. The van der Waals surface area contributed by atoms with E-state index in [9.17, 15) is 18.4 Å². The molecule has 1 aromatic heterocycles. The van der Waals surface area contributed by atoms with E-state index in [-0.39, 0.29) is 19.1 Å². The number of esters is 1. The number of carbonyl (C=O) groups is 2. The lowest BCUT2D eigenvalue weighted by Crippen LogP contribution is -2.26. The normalized spacial score (nSPS) is 13.7. The Bertz CT molecular complexity index is 1170. The van der Waals surface area contributed by atoms with E-state index in [0.717, 1.165) is 21.3 Å². The highest BCUT2D eigenvalue weighted by atomic mass is 32.2. The van der Waals surface area contributed by atoms with Gasteiger partial charge in [0.05, 0.1) is 24.5 Å². The van der Waals surface area contributed by atoms with E-state index >= 15 is 0 Å². The van der Waals surface area contributed by atoms with Gasteiger partial charge in [0.1, 0.15) is 4.88 Å². The van der Waals surface area contributed by atoms with Crippen LogP contribution in [0.4, 0.5) is 11.4 Å². The van der Waals surface area contributed by atoms with Crippen molar-refractivity contribution >= 4 is 56.6 Å². The Morgan fingerprint density at radius 2 is 2.00 bits per heavy atom. The lowest BCUT2D eigenvalue weighted by atomic mass is 10.0. The average Bonchev–Trinajstić information content (AvgIpc) is 3.31. The summed E-state index contributed by atoms with van der Waals surface area (Å²) >= 11 is -1.08. The highest BCUT2D eigenvalue weighted by Crippen LogP contribution is 2.42. The molecule has 0 aliphatic carbocycles. The first-order valence-electron chi connectivity index (χ1n) is 9.48. The summed E-state index contributed by atoms with van der Waals surface area (Å²) in [6.07, 6.45) is 0. The average molecular weight is 445 g/mol. The molecule has 0 fully saturated rings. The van der Waals surface area contributed by atoms with Gasteiger partial charge in [-0.2, -0.15) is 0 Å². The Balaban J connectivity index is 1.75. The van der Waals surface area contributed by atoms with E-state index in [1.807, 2.05) is 19.1 Å². The van der Waals surface area contributed by atoms with Crippen LogP contribution < -0.4 is 9.21 Å². The molecule has 1 aliphatic rings. The van der Waals surface area contributed by atoms with E-state index in [1.54, 1.807) is 42.2 Å². The molecule has 1 N–H and O–H groups in total. The largest absolute Gasteiger partial charge is 0.462 e. The van der Waals surface area contributed by atoms with Gasteiger partial charge in [-0.15, -0.1) is 11.3 Å². The Morgan fingerprint density at radius 1 is 1.20 bits per heavy atom. The maximum absolute atomic E-state index is 12.7. The van der Waals surface area contributed by atoms with E-state index in [0.29, 0.717) is 22.7 Å². The number of amides is 1. The third-order valence-corrected chi connectivity index (χ3v) is 6.73. The van der Waals surface area contributed by atoms with Gasteiger partial charge in [-0.25, -0.2) is 9.00 Å². The maximum atomic E-state index is 12.7. The monoisotopic (exact) mass is 444 g/mol. The van der Waals surface area contributed by atoms with E-state index in [2.05, 4.69) is 0 Å². The minimum absolute atomic E-state index is 0.0655. The molecule has 0 radical (unpaired) electrons. The molecule has 3 aromatic rings. The molecule has 1 unspecified atom stereocenters. The number of nitrogens with zero attached hydrogens (tertiary/aromatic N) is 2. The number of rotatable bonds is 7. The first-order valence-corrected chi connectivity index (χ1v) is 11.4. The molecule has 0 spiro atoms. The van der Waals surface area contributed by atoms with Crippen molar-refractivity contribution in [1.29, 1.82) is 0 Å². The number of hydrogen-bond acceptors (Lipinski definition) is 5. The first-order chi connectivity index (χ1) is 14.5. The van der Waals surface area contributed by atoms with Crippen LogP contribution in [0.15, 0.2) is 42.5 Å². The molecule has 156 valence electrons. The van der Waals surface area contributed by atoms with Crippen molar-refractivity contribution in [3.63, 3.8) is 0 Å². The summed E-state index contributed by atoms with van der Waals surface area (Å²) in [6.45, 7) is 4.62. The fraction of sp³-hybridized carbons (Fsp3) is 0.238. The molecule has 9 heteroatoms. The van der Waals surface area contributed by atoms with Crippen LogP contribution in [-0.2, 0) is 22.5 Å². The molecule has 1 atom stereocenters. The second kappa shape index (κ2) is 8.17. The lowest BCUT2D eigenvalue weighted by molar-refractivity contribution is 0.0532. The minimum Gasteiger partial charge on any atom is -0.462 e. The Labute approximate surface area is 180 Å². The predicted octanol–water partition coefficient (Wildman–Crippen LogP) is 4.20. The molecule has 2 heterocycles. The number of hydrogen-bond donors (Lipinski definition) is 1. The van der Waals surface area contributed by atoms with Crippen molar-refractivity contribution in [2.75, 3.05) is 22.4 Å². The maximum Gasteiger partial charge on any atom is 0.348 e. The van der Waals surface area contributed by atoms with Gasteiger partial charge in [0.2, 0.25) is 0 Å². The van der Waals surface area contributed by atoms with E-state index < -0.39 is 17.2 Å². The number of thiophene rings is 1. The third-order valence-electron chi connectivity index (χ3n) is 4.97. The fourth-order valence-electron chi connectivity index (χ4n) is 3.70. The number of carbonyl (C=O) groups excluding carboxylic acids is 2. The summed E-state index contributed by atoms with van der Waals surface area (Å²) in [6, 6.07) is 12.4. The quantitative estimate of drug-likeness (QED) is 0.436. The fourth-order valence-corrected chi connectivity index (χ4v) is 5.25. The highest BCUT2D eigenvalue weighted by molar-refractivity contribution is 7.80. The summed E-state index contributed by atoms with van der Waals surface area (Å²) in [5.41, 5.74) is 1.95. The standard InChI is InChI=1S/C21H20N2O5S2/c1-3-22-17-10-9-16(14-6-5-7-15(19(14)17)20(22)24)23(30(26)27)12-13-8-11-18(29-13)21(25)28-4-2/h5-11H,3-4,12H2,1-2H3,(H,26,27). The topological polar surface area (TPSA) is 87.2 Å². The zero-order valence-electron chi connectivity index (χ0n) is 16.5. The molecule has 0 saturated carbocycles. The van der Waals surface area contributed by atoms with Crippen LogP contribution in [0.2, 0.25) is 0 Å². The van der Waals surface area contributed by atoms with Crippen LogP contribution in [0.5, 0.6) is 0 Å². The van der Waals surface area contributed by atoms with Gasteiger partial charge >= 0.3 is 5.97 Å². The molecule has 2 aromatic carbocycles. The summed E-state index contributed by atoms with van der Waals surface area (Å²) in [4.78, 5) is 27.5. The van der Waals surface area contributed by atoms with Crippen LogP contribution >= 0.6 is 11.3 Å². The molecule has 1 amide bonds. The molecule has 7 nitrogen and oxygen atoms in total. The molecule has 0 saturated heterocycles. The molecule has 0 bridgehead atoms. The van der Waals surface area contributed by atoms with Gasteiger partial charge in [-0.05, 0) is 44.2 Å². The van der Waals surface area contributed by atoms with Crippen molar-refractivity contribution in [2.24, 2.45) is 0 Å². The summed E-state index contributed by atoms with van der Waals surface area (Å²) < 4.78 is 28.6. The van der Waals surface area contributed by atoms with Gasteiger partial charge in [0, 0.05) is 27.8 Å². The van der Waals surface area contributed by atoms with E-state index in [1.165, 1.54) is 15.6 Å². The second-order valence-electron chi connectivity index (χ2n) is 6.64. The molecule has 30 heavy (non-hydrogen) atoms. The number of anilines is 2. The van der Waals surface area contributed by atoms with Crippen LogP contribution in [0.25, 0.3) is 10.8 Å². The molecule has 1 aliphatic heterocycles. The zero-order valence-corrected chi connectivity index (χ0v) is 18.1. The Hall–Kier alpha value is -2.75. The SMILES string of the molecule is CCOC(=O)c1ccc(CN(c2ccc3c4c(cccc24)C(=O)N3CC)S(=O)O)s1. The van der Waals surface area contributed by atoms with Crippen LogP contribution in [0.3, 0.4) is 0 Å². The number of benzene rings is 2. The van der Waals surface area contributed by atoms with Crippen molar-refractivity contribution in [2.45, 2.75) is 20.4 Å². The lowest BCUT2D eigenvalue weighted by Gasteiger charge is -2.22. The summed E-state index contributed by atoms with van der Waals surface area (Å²) in [5.74, 6) is -0.474. The van der Waals surface area contributed by atoms with Crippen LogP contribution in [0.1, 0.15) is 38.8 Å². The molecule has 4 rings (SSSR count). The van der Waals surface area contributed by atoms with Gasteiger partial charge < -0.3 is 9.64 Å². The third kappa shape index (κ3) is 3.38. The summed E-state index contributed by atoms with van der Waals surface area (Å²) in [7, 11) is 0. The van der Waals surface area contributed by atoms with Crippen molar-refractivity contribution in [3.8, 4) is 0 Å². The van der Waals surface area contributed by atoms with Gasteiger partial charge in [0.25, 0.3) is 17.2 Å². The van der Waals surface area contributed by atoms with Crippen molar-refractivity contribution in [1.82, 2.24) is 0 Å².